The fourth-order valence-electron chi connectivity index (χ4n) is 2.51. The summed E-state index contributed by atoms with van der Waals surface area (Å²) < 4.78 is 19.2. The standard InChI is InChI=1S/C16H15FN6O4/c1-9-14(23(25)26)10(2)22(20-9)8-13-19-16(27-21-13)15(24)18-7-11-3-5-12(17)6-4-11/h3-6H,7-8H2,1-2H3,(H,18,24). The van der Waals surface area contributed by atoms with Gasteiger partial charge in [0.25, 0.3) is 0 Å². The normalized spacial score (nSPS) is 10.8. The molecule has 0 unspecified atom stereocenters. The molecule has 11 heteroatoms. The van der Waals surface area contributed by atoms with Gasteiger partial charge in [0.2, 0.25) is 0 Å². The van der Waals surface area contributed by atoms with Gasteiger partial charge >= 0.3 is 17.5 Å². The Morgan fingerprint density at radius 3 is 2.67 bits per heavy atom. The first-order valence-electron chi connectivity index (χ1n) is 7.88. The van der Waals surface area contributed by atoms with Gasteiger partial charge in [-0.3, -0.25) is 19.6 Å². The van der Waals surface area contributed by atoms with E-state index in [0.717, 1.165) is 0 Å². The first kappa shape index (κ1) is 18.2. The first-order valence-corrected chi connectivity index (χ1v) is 7.88. The molecular formula is C16H15FN6O4. The maximum absolute atomic E-state index is 12.9. The van der Waals surface area contributed by atoms with Crippen LogP contribution in [0.25, 0.3) is 0 Å². The largest absolute Gasteiger partial charge is 0.344 e. The summed E-state index contributed by atoms with van der Waals surface area (Å²) in [6, 6.07) is 5.68. The third-order valence-electron chi connectivity index (χ3n) is 3.85. The second-order valence-corrected chi connectivity index (χ2v) is 5.76. The molecule has 0 aliphatic carbocycles. The first-order chi connectivity index (χ1) is 12.8. The van der Waals surface area contributed by atoms with Gasteiger partial charge in [-0.2, -0.15) is 10.1 Å². The smallest absolute Gasteiger partial charge is 0.316 e. The maximum Gasteiger partial charge on any atom is 0.316 e. The third kappa shape index (κ3) is 3.97. The van der Waals surface area contributed by atoms with Crippen LogP contribution < -0.4 is 5.32 Å². The van der Waals surface area contributed by atoms with Crippen molar-refractivity contribution in [2.75, 3.05) is 0 Å². The van der Waals surface area contributed by atoms with E-state index >= 15 is 0 Å². The molecular weight excluding hydrogens is 359 g/mol. The molecule has 3 aromatic rings. The number of hydrogen-bond donors (Lipinski definition) is 1. The molecule has 27 heavy (non-hydrogen) atoms. The minimum absolute atomic E-state index is 0.0231. The molecule has 0 spiro atoms. The predicted octanol–water partition coefficient (Wildman–Crippen LogP) is 1.91. The van der Waals surface area contributed by atoms with E-state index in [4.69, 9.17) is 4.52 Å². The number of hydrogen-bond acceptors (Lipinski definition) is 7. The van der Waals surface area contributed by atoms with Crippen LogP contribution in [0.5, 0.6) is 0 Å². The van der Waals surface area contributed by atoms with Crippen LogP contribution in [-0.4, -0.2) is 30.8 Å². The van der Waals surface area contributed by atoms with E-state index in [2.05, 4.69) is 20.6 Å². The topological polar surface area (TPSA) is 129 Å². The second kappa shape index (κ2) is 7.32. The van der Waals surface area contributed by atoms with Crippen LogP contribution in [0.15, 0.2) is 28.8 Å². The monoisotopic (exact) mass is 374 g/mol. The molecule has 3 rings (SSSR count). The van der Waals surface area contributed by atoms with Crippen molar-refractivity contribution in [3.63, 3.8) is 0 Å². The van der Waals surface area contributed by atoms with E-state index in [1.54, 1.807) is 19.1 Å². The van der Waals surface area contributed by atoms with Crippen LogP contribution in [-0.2, 0) is 13.1 Å². The van der Waals surface area contributed by atoms with E-state index in [-0.39, 0.29) is 42.0 Å². The van der Waals surface area contributed by atoms with E-state index in [1.807, 2.05) is 0 Å². The van der Waals surface area contributed by atoms with Gasteiger partial charge in [0.15, 0.2) is 5.82 Å². The lowest BCUT2D eigenvalue weighted by Crippen LogP contribution is -2.23. The van der Waals surface area contributed by atoms with Crippen molar-refractivity contribution < 1.29 is 18.6 Å². The van der Waals surface area contributed by atoms with Crippen molar-refractivity contribution in [1.82, 2.24) is 25.2 Å². The zero-order valence-electron chi connectivity index (χ0n) is 14.5. The molecule has 1 N–H and O–H groups in total. The van der Waals surface area contributed by atoms with Gasteiger partial charge in [0, 0.05) is 6.54 Å². The maximum atomic E-state index is 12.9. The molecule has 140 valence electrons. The highest BCUT2D eigenvalue weighted by Gasteiger charge is 2.23. The van der Waals surface area contributed by atoms with Crippen LogP contribution in [0, 0.1) is 29.8 Å². The highest BCUT2D eigenvalue weighted by atomic mass is 19.1. The number of benzene rings is 1. The number of nitrogens with one attached hydrogen (secondary N) is 1. The van der Waals surface area contributed by atoms with E-state index in [0.29, 0.717) is 11.3 Å². The molecule has 0 saturated heterocycles. The SMILES string of the molecule is Cc1nn(Cc2noc(C(=O)NCc3ccc(F)cc3)n2)c(C)c1[N+](=O)[O-]. The summed E-state index contributed by atoms with van der Waals surface area (Å²) in [6.45, 7) is 3.29. The fraction of sp³-hybridized carbons (Fsp3) is 0.250. The number of halogens is 1. The van der Waals surface area contributed by atoms with E-state index in [1.165, 1.54) is 23.7 Å². The highest BCUT2D eigenvalue weighted by molar-refractivity contribution is 5.89. The summed E-state index contributed by atoms with van der Waals surface area (Å²) in [6.07, 6.45) is 0. The van der Waals surface area contributed by atoms with Gasteiger partial charge in [-0.25, -0.2) is 4.39 Å². The lowest BCUT2D eigenvalue weighted by atomic mass is 10.2. The number of nitro groups is 1. The van der Waals surface area contributed by atoms with Crippen molar-refractivity contribution in [3.8, 4) is 0 Å². The zero-order valence-corrected chi connectivity index (χ0v) is 14.5. The number of carbonyl (C=O) groups is 1. The Hall–Kier alpha value is -3.63. The summed E-state index contributed by atoms with van der Waals surface area (Å²) in [7, 11) is 0. The Kier molecular flexibility index (Phi) is 4.92. The van der Waals surface area contributed by atoms with Crippen molar-refractivity contribution in [1.29, 1.82) is 0 Å². The van der Waals surface area contributed by atoms with E-state index < -0.39 is 10.8 Å². The average molecular weight is 374 g/mol. The average Bonchev–Trinajstić information content (AvgIpc) is 3.19. The molecule has 0 atom stereocenters. The molecule has 2 heterocycles. The number of nitrogens with zero attached hydrogens (tertiary/aromatic N) is 5. The van der Waals surface area contributed by atoms with Crippen molar-refractivity contribution in [2.45, 2.75) is 26.9 Å². The molecule has 1 aromatic carbocycles. The van der Waals surface area contributed by atoms with Crippen molar-refractivity contribution >= 4 is 11.6 Å². The predicted molar refractivity (Wildman–Crippen MR) is 89.3 cm³/mol. The summed E-state index contributed by atoms with van der Waals surface area (Å²) >= 11 is 0. The molecule has 1 amide bonds. The fourth-order valence-corrected chi connectivity index (χ4v) is 2.51. The molecule has 0 fully saturated rings. The Morgan fingerprint density at radius 1 is 1.33 bits per heavy atom. The summed E-state index contributed by atoms with van der Waals surface area (Å²) in [5, 5.41) is 21.4. The number of amides is 1. The number of carbonyl (C=O) groups excluding carboxylic acids is 1. The van der Waals surface area contributed by atoms with Gasteiger partial charge in [-0.05, 0) is 31.5 Å². The van der Waals surface area contributed by atoms with E-state index in [9.17, 15) is 19.3 Å². The lowest BCUT2D eigenvalue weighted by Gasteiger charge is -2.02. The minimum atomic E-state index is -0.586. The molecule has 0 aliphatic heterocycles. The quantitative estimate of drug-likeness (QED) is 0.515. The number of aryl methyl sites for hydroxylation is 1. The van der Waals surface area contributed by atoms with Crippen LogP contribution >= 0.6 is 0 Å². The Morgan fingerprint density at radius 2 is 2.04 bits per heavy atom. The molecule has 0 radical (unpaired) electrons. The van der Waals surface area contributed by atoms with Crippen LogP contribution in [0.1, 0.15) is 33.5 Å². The van der Waals surface area contributed by atoms with Gasteiger partial charge in [0.1, 0.15) is 23.7 Å². The summed E-state index contributed by atoms with van der Waals surface area (Å²) in [5.41, 5.74) is 1.26. The third-order valence-corrected chi connectivity index (χ3v) is 3.85. The molecule has 2 aromatic heterocycles. The Balaban J connectivity index is 1.66. The van der Waals surface area contributed by atoms with Crippen molar-refractivity contribution in [3.05, 3.63) is 68.9 Å². The van der Waals surface area contributed by atoms with Gasteiger partial charge in [-0.1, -0.05) is 17.3 Å². The van der Waals surface area contributed by atoms with Gasteiger partial charge in [0.05, 0.1) is 4.92 Å². The highest BCUT2D eigenvalue weighted by Crippen LogP contribution is 2.22. The zero-order chi connectivity index (χ0) is 19.6. The summed E-state index contributed by atoms with van der Waals surface area (Å²) in [5.74, 6) is -1.04. The Labute approximate surface area is 152 Å². The molecule has 0 bridgehead atoms. The van der Waals surface area contributed by atoms with Crippen molar-refractivity contribution in [2.24, 2.45) is 0 Å². The van der Waals surface area contributed by atoms with Gasteiger partial charge < -0.3 is 9.84 Å². The number of aromatic nitrogens is 4. The van der Waals surface area contributed by atoms with Crippen LogP contribution in [0.4, 0.5) is 10.1 Å². The molecule has 0 saturated carbocycles. The molecule has 10 nitrogen and oxygen atoms in total. The lowest BCUT2D eigenvalue weighted by molar-refractivity contribution is -0.386. The van der Waals surface area contributed by atoms with Gasteiger partial charge in [-0.15, -0.1) is 0 Å². The van der Waals surface area contributed by atoms with Crippen LogP contribution in [0.3, 0.4) is 0 Å². The molecule has 0 aliphatic rings. The number of rotatable bonds is 6. The summed E-state index contributed by atoms with van der Waals surface area (Å²) in [4.78, 5) is 26.6. The Bertz CT molecular complexity index is 995. The minimum Gasteiger partial charge on any atom is -0.344 e. The second-order valence-electron chi connectivity index (χ2n) is 5.76. The van der Waals surface area contributed by atoms with Crippen LogP contribution in [0.2, 0.25) is 0 Å².